The Hall–Kier alpha value is -1.33. The SMILES string of the molecule is Cc1cc(C2CCCN2)cc(C#N)c1C. The number of rotatable bonds is 1. The van der Waals surface area contributed by atoms with Gasteiger partial charge in [0.2, 0.25) is 0 Å². The molecule has 78 valence electrons. The van der Waals surface area contributed by atoms with Crippen molar-refractivity contribution in [2.75, 3.05) is 6.54 Å². The van der Waals surface area contributed by atoms with Crippen LogP contribution in [0.5, 0.6) is 0 Å². The van der Waals surface area contributed by atoms with E-state index in [2.05, 4.69) is 24.4 Å². The first kappa shape index (κ1) is 10.2. The Kier molecular flexibility index (Phi) is 2.75. The van der Waals surface area contributed by atoms with Gasteiger partial charge in [-0.1, -0.05) is 6.07 Å². The minimum absolute atomic E-state index is 0.455. The molecule has 1 aliphatic rings. The molecule has 0 aliphatic carbocycles. The smallest absolute Gasteiger partial charge is 0.0994 e. The number of nitrogens with one attached hydrogen (secondary N) is 1. The highest BCUT2D eigenvalue weighted by atomic mass is 14.9. The molecule has 1 fully saturated rings. The largest absolute Gasteiger partial charge is 0.310 e. The summed E-state index contributed by atoms with van der Waals surface area (Å²) in [5, 5.41) is 12.5. The fourth-order valence-electron chi connectivity index (χ4n) is 2.17. The van der Waals surface area contributed by atoms with Gasteiger partial charge in [0.25, 0.3) is 0 Å². The highest BCUT2D eigenvalue weighted by Crippen LogP contribution is 2.26. The van der Waals surface area contributed by atoms with Crippen LogP contribution in [-0.2, 0) is 0 Å². The summed E-state index contributed by atoms with van der Waals surface area (Å²) in [4.78, 5) is 0. The molecule has 1 aliphatic heterocycles. The van der Waals surface area contributed by atoms with Crippen molar-refractivity contribution in [3.8, 4) is 6.07 Å². The summed E-state index contributed by atoms with van der Waals surface area (Å²) < 4.78 is 0. The summed E-state index contributed by atoms with van der Waals surface area (Å²) in [5.74, 6) is 0. The van der Waals surface area contributed by atoms with Crippen molar-refractivity contribution in [3.05, 3.63) is 34.4 Å². The second-order valence-corrected chi connectivity index (χ2v) is 4.27. The van der Waals surface area contributed by atoms with Gasteiger partial charge in [-0.15, -0.1) is 0 Å². The molecule has 1 unspecified atom stereocenters. The first-order chi connectivity index (χ1) is 7.22. The average Bonchev–Trinajstić information content (AvgIpc) is 2.75. The molecule has 0 radical (unpaired) electrons. The second-order valence-electron chi connectivity index (χ2n) is 4.27. The molecule has 2 heteroatoms. The van der Waals surface area contributed by atoms with E-state index < -0.39 is 0 Å². The van der Waals surface area contributed by atoms with Crippen LogP contribution in [0.1, 0.15) is 41.1 Å². The molecule has 1 heterocycles. The van der Waals surface area contributed by atoms with Gasteiger partial charge in [-0.3, -0.25) is 0 Å². The topological polar surface area (TPSA) is 35.8 Å². The van der Waals surface area contributed by atoms with Gasteiger partial charge < -0.3 is 5.32 Å². The third kappa shape index (κ3) is 1.88. The van der Waals surface area contributed by atoms with E-state index in [-0.39, 0.29) is 0 Å². The Morgan fingerprint density at radius 2 is 2.20 bits per heavy atom. The maximum atomic E-state index is 9.04. The summed E-state index contributed by atoms with van der Waals surface area (Å²) in [7, 11) is 0. The predicted molar refractivity (Wildman–Crippen MR) is 60.6 cm³/mol. The molecule has 1 aromatic carbocycles. The average molecular weight is 200 g/mol. The molecule has 1 atom stereocenters. The Bertz CT molecular complexity index is 409. The maximum absolute atomic E-state index is 9.04. The van der Waals surface area contributed by atoms with Gasteiger partial charge in [0.15, 0.2) is 0 Å². The van der Waals surface area contributed by atoms with Crippen molar-refractivity contribution in [1.82, 2.24) is 5.32 Å². The number of hydrogen-bond donors (Lipinski definition) is 1. The number of hydrogen-bond acceptors (Lipinski definition) is 2. The number of aryl methyl sites for hydroxylation is 1. The van der Waals surface area contributed by atoms with Crippen molar-refractivity contribution in [3.63, 3.8) is 0 Å². The molecule has 0 saturated carbocycles. The van der Waals surface area contributed by atoms with Crippen LogP contribution in [0.15, 0.2) is 12.1 Å². The third-order valence-corrected chi connectivity index (χ3v) is 3.27. The van der Waals surface area contributed by atoms with Crippen LogP contribution in [0.3, 0.4) is 0 Å². The normalized spacial score (nSPS) is 20.2. The quantitative estimate of drug-likeness (QED) is 0.756. The first-order valence-corrected chi connectivity index (χ1v) is 5.47. The zero-order valence-corrected chi connectivity index (χ0v) is 9.30. The van der Waals surface area contributed by atoms with E-state index in [9.17, 15) is 0 Å². The predicted octanol–water partition coefficient (Wildman–Crippen LogP) is 2.60. The van der Waals surface area contributed by atoms with Crippen LogP contribution < -0.4 is 5.32 Å². The lowest BCUT2D eigenvalue weighted by molar-refractivity contribution is 0.647. The third-order valence-electron chi connectivity index (χ3n) is 3.27. The minimum Gasteiger partial charge on any atom is -0.310 e. The van der Waals surface area contributed by atoms with E-state index in [1.54, 1.807) is 0 Å². The van der Waals surface area contributed by atoms with E-state index in [0.29, 0.717) is 6.04 Å². The molecule has 1 aromatic rings. The monoisotopic (exact) mass is 200 g/mol. The summed E-state index contributed by atoms with van der Waals surface area (Å²) in [5.41, 5.74) is 4.42. The van der Waals surface area contributed by atoms with Crippen molar-refractivity contribution in [1.29, 1.82) is 5.26 Å². The molecule has 2 nitrogen and oxygen atoms in total. The molecule has 1 saturated heterocycles. The zero-order chi connectivity index (χ0) is 10.8. The van der Waals surface area contributed by atoms with Gasteiger partial charge in [-0.2, -0.15) is 5.26 Å². The summed E-state index contributed by atoms with van der Waals surface area (Å²) in [6, 6.07) is 6.97. The second kappa shape index (κ2) is 4.04. The Balaban J connectivity index is 2.41. The fraction of sp³-hybridized carbons (Fsp3) is 0.462. The van der Waals surface area contributed by atoms with Crippen LogP contribution >= 0.6 is 0 Å². The van der Waals surface area contributed by atoms with E-state index in [4.69, 9.17) is 5.26 Å². The van der Waals surface area contributed by atoms with E-state index in [0.717, 1.165) is 17.7 Å². The lowest BCUT2D eigenvalue weighted by Gasteiger charge is -2.13. The van der Waals surface area contributed by atoms with Gasteiger partial charge in [0, 0.05) is 6.04 Å². The van der Waals surface area contributed by atoms with Crippen LogP contribution in [0.2, 0.25) is 0 Å². The Labute approximate surface area is 90.9 Å². The maximum Gasteiger partial charge on any atom is 0.0994 e. The standard InChI is InChI=1S/C13H16N2/c1-9-6-11(13-4-3-5-15-13)7-12(8-14)10(9)2/h6-7,13,15H,3-5H2,1-2H3. The van der Waals surface area contributed by atoms with Crippen molar-refractivity contribution in [2.45, 2.75) is 32.7 Å². The van der Waals surface area contributed by atoms with Crippen LogP contribution in [-0.4, -0.2) is 6.54 Å². The molecule has 0 bridgehead atoms. The molecular weight excluding hydrogens is 184 g/mol. The van der Waals surface area contributed by atoms with Crippen molar-refractivity contribution >= 4 is 0 Å². The lowest BCUT2D eigenvalue weighted by Crippen LogP contribution is -2.13. The van der Waals surface area contributed by atoms with E-state index in [1.807, 2.05) is 13.0 Å². The first-order valence-electron chi connectivity index (χ1n) is 5.47. The zero-order valence-electron chi connectivity index (χ0n) is 9.30. The van der Waals surface area contributed by atoms with Crippen molar-refractivity contribution in [2.24, 2.45) is 0 Å². The highest BCUT2D eigenvalue weighted by Gasteiger charge is 2.17. The van der Waals surface area contributed by atoms with Gasteiger partial charge >= 0.3 is 0 Å². The number of nitrogens with zero attached hydrogens (tertiary/aromatic N) is 1. The summed E-state index contributed by atoms with van der Waals surface area (Å²) >= 11 is 0. The Morgan fingerprint density at radius 3 is 2.80 bits per heavy atom. The summed E-state index contributed by atoms with van der Waals surface area (Å²) in [6.07, 6.45) is 2.42. The van der Waals surface area contributed by atoms with Crippen molar-refractivity contribution < 1.29 is 0 Å². The number of nitriles is 1. The van der Waals surface area contributed by atoms with E-state index in [1.165, 1.54) is 24.0 Å². The van der Waals surface area contributed by atoms with E-state index >= 15 is 0 Å². The van der Waals surface area contributed by atoms with Crippen LogP contribution in [0.4, 0.5) is 0 Å². The van der Waals surface area contributed by atoms with Gasteiger partial charge in [0.1, 0.15) is 0 Å². The highest BCUT2D eigenvalue weighted by molar-refractivity contribution is 5.45. The lowest BCUT2D eigenvalue weighted by atomic mass is 9.96. The molecular formula is C13H16N2. The Morgan fingerprint density at radius 1 is 1.40 bits per heavy atom. The molecule has 0 amide bonds. The van der Waals surface area contributed by atoms with Crippen LogP contribution in [0, 0.1) is 25.2 Å². The fourth-order valence-corrected chi connectivity index (χ4v) is 2.17. The minimum atomic E-state index is 0.455. The van der Waals surface area contributed by atoms with Crippen LogP contribution in [0.25, 0.3) is 0 Å². The summed E-state index contributed by atoms with van der Waals surface area (Å²) in [6.45, 7) is 5.19. The number of benzene rings is 1. The molecule has 0 spiro atoms. The van der Waals surface area contributed by atoms with Gasteiger partial charge in [-0.25, -0.2) is 0 Å². The molecule has 15 heavy (non-hydrogen) atoms. The van der Waals surface area contributed by atoms with Gasteiger partial charge in [-0.05, 0) is 56.0 Å². The molecule has 1 N–H and O–H groups in total. The molecule has 2 rings (SSSR count). The van der Waals surface area contributed by atoms with Gasteiger partial charge in [0.05, 0.1) is 11.6 Å². The molecule has 0 aromatic heterocycles.